The number of nitrogens with zero attached hydrogens (tertiary/aromatic N) is 3. The molecular weight excluding hydrogens is 388 g/mol. The van der Waals surface area contributed by atoms with Crippen molar-refractivity contribution in [2.45, 2.75) is 39.7 Å². The topological polar surface area (TPSA) is 69.3 Å². The summed E-state index contributed by atoms with van der Waals surface area (Å²) in [5.74, 6) is 0.0361. The molecule has 3 aromatic rings. The fraction of sp³-hybridized carbons (Fsp3) is 0.400. The van der Waals surface area contributed by atoms with Crippen LogP contribution in [0.25, 0.3) is 11.0 Å². The van der Waals surface area contributed by atoms with Gasteiger partial charge in [-0.25, -0.2) is 4.98 Å². The van der Waals surface area contributed by atoms with Crippen LogP contribution in [0.5, 0.6) is 0 Å². The van der Waals surface area contributed by atoms with Gasteiger partial charge in [0.2, 0.25) is 0 Å². The van der Waals surface area contributed by atoms with Crippen LogP contribution in [0.15, 0.2) is 42.7 Å². The number of fused-ring (bicyclic) bond motifs is 2. The summed E-state index contributed by atoms with van der Waals surface area (Å²) in [7, 11) is 3.53. The van der Waals surface area contributed by atoms with Gasteiger partial charge in [0.25, 0.3) is 11.8 Å². The van der Waals surface area contributed by atoms with Crippen LogP contribution < -0.4 is 0 Å². The van der Waals surface area contributed by atoms with Crippen molar-refractivity contribution in [1.29, 1.82) is 0 Å². The third-order valence-electron chi connectivity index (χ3n) is 6.20. The molecule has 4 rings (SSSR count). The molecule has 0 radical (unpaired) electrons. The van der Waals surface area contributed by atoms with Gasteiger partial charge in [-0.05, 0) is 59.7 Å². The predicted octanol–water partition coefficient (Wildman–Crippen LogP) is 3.92. The second-order valence-corrected chi connectivity index (χ2v) is 9.65. The van der Waals surface area contributed by atoms with Crippen LogP contribution in [0.1, 0.15) is 52.6 Å². The number of aromatic nitrogens is 2. The Kier molecular flexibility index (Phi) is 5.33. The number of carbonyl (C=O) groups excluding carboxylic acids is 2. The van der Waals surface area contributed by atoms with Crippen LogP contribution in [0, 0.1) is 5.41 Å². The van der Waals surface area contributed by atoms with E-state index in [0.29, 0.717) is 17.7 Å². The zero-order chi connectivity index (χ0) is 22.3. The standard InChI is InChI=1S/C25H30N4O2/c1-25(2,3)22-14-19-12-17(23(30)28(4)5)7-6-16(19)10-11-29(22)24(31)18-8-9-20-21(13-18)27-15-26-20/h6-9,12-13,15,22H,10-11,14H2,1-5H3,(H,26,27). The van der Waals surface area contributed by atoms with E-state index in [1.807, 2.05) is 35.2 Å². The second kappa shape index (κ2) is 7.84. The van der Waals surface area contributed by atoms with E-state index in [1.54, 1.807) is 25.3 Å². The highest BCUT2D eigenvalue weighted by Gasteiger charge is 2.36. The van der Waals surface area contributed by atoms with Gasteiger partial charge in [-0.15, -0.1) is 0 Å². The minimum absolute atomic E-state index is 0.000137. The van der Waals surface area contributed by atoms with E-state index in [2.05, 4.69) is 36.8 Å². The summed E-state index contributed by atoms with van der Waals surface area (Å²) in [6.45, 7) is 7.18. The molecular formula is C25H30N4O2. The molecule has 0 aliphatic carbocycles. The fourth-order valence-electron chi connectivity index (χ4n) is 4.42. The molecule has 0 saturated carbocycles. The molecule has 162 valence electrons. The van der Waals surface area contributed by atoms with Gasteiger partial charge in [0.05, 0.1) is 17.4 Å². The molecule has 2 heterocycles. The Hall–Kier alpha value is -3.15. The monoisotopic (exact) mass is 418 g/mol. The number of hydrogen-bond acceptors (Lipinski definition) is 3. The summed E-state index contributed by atoms with van der Waals surface area (Å²) >= 11 is 0. The van der Waals surface area contributed by atoms with Crippen molar-refractivity contribution in [3.8, 4) is 0 Å². The number of imidazole rings is 1. The van der Waals surface area contributed by atoms with E-state index in [-0.39, 0.29) is 23.3 Å². The molecule has 1 aliphatic rings. The maximum Gasteiger partial charge on any atom is 0.254 e. The minimum atomic E-state index is -0.114. The third kappa shape index (κ3) is 4.07. The summed E-state index contributed by atoms with van der Waals surface area (Å²) in [4.78, 5) is 37.1. The Labute approximate surface area is 183 Å². The highest BCUT2D eigenvalue weighted by atomic mass is 16.2. The van der Waals surface area contributed by atoms with E-state index in [4.69, 9.17) is 0 Å². The average molecular weight is 419 g/mol. The predicted molar refractivity (Wildman–Crippen MR) is 122 cm³/mol. The lowest BCUT2D eigenvalue weighted by atomic mass is 9.81. The van der Waals surface area contributed by atoms with E-state index in [9.17, 15) is 9.59 Å². The van der Waals surface area contributed by atoms with Crippen molar-refractivity contribution in [3.63, 3.8) is 0 Å². The van der Waals surface area contributed by atoms with Gasteiger partial charge in [-0.2, -0.15) is 0 Å². The first-order valence-electron chi connectivity index (χ1n) is 10.7. The number of hydrogen-bond donors (Lipinski definition) is 1. The van der Waals surface area contributed by atoms with Crippen LogP contribution in [0.3, 0.4) is 0 Å². The van der Waals surface area contributed by atoms with Gasteiger partial charge < -0.3 is 14.8 Å². The summed E-state index contributed by atoms with van der Waals surface area (Å²) < 4.78 is 0. The highest BCUT2D eigenvalue weighted by molar-refractivity contribution is 5.97. The second-order valence-electron chi connectivity index (χ2n) is 9.65. The molecule has 1 aliphatic heterocycles. The third-order valence-corrected chi connectivity index (χ3v) is 6.20. The number of H-pyrrole nitrogens is 1. The van der Waals surface area contributed by atoms with Gasteiger partial charge in [0.15, 0.2) is 0 Å². The van der Waals surface area contributed by atoms with Crippen molar-refractivity contribution in [2.24, 2.45) is 5.41 Å². The first-order valence-corrected chi connectivity index (χ1v) is 10.7. The van der Waals surface area contributed by atoms with Crippen molar-refractivity contribution in [1.82, 2.24) is 19.8 Å². The van der Waals surface area contributed by atoms with Gasteiger partial charge in [0.1, 0.15) is 0 Å². The SMILES string of the molecule is CN(C)C(=O)c1ccc2c(c1)CC(C(C)(C)C)N(C(=O)c1ccc3nc[nH]c3c1)CC2. The number of aromatic amines is 1. The molecule has 0 fully saturated rings. The number of nitrogens with one attached hydrogen (secondary N) is 1. The van der Waals surface area contributed by atoms with Crippen LogP contribution in [-0.4, -0.2) is 58.3 Å². The van der Waals surface area contributed by atoms with E-state index in [0.717, 1.165) is 29.4 Å². The summed E-state index contributed by atoms with van der Waals surface area (Å²) in [5.41, 5.74) is 5.34. The Morgan fingerprint density at radius 1 is 1.06 bits per heavy atom. The number of benzene rings is 2. The lowest BCUT2D eigenvalue weighted by Gasteiger charge is -2.39. The van der Waals surface area contributed by atoms with E-state index in [1.165, 1.54) is 5.56 Å². The van der Waals surface area contributed by atoms with E-state index < -0.39 is 0 Å². The molecule has 0 spiro atoms. The first-order chi connectivity index (χ1) is 14.6. The number of rotatable bonds is 2. The Bertz CT molecular complexity index is 1140. The van der Waals surface area contributed by atoms with Gasteiger partial charge in [-0.1, -0.05) is 26.8 Å². The highest BCUT2D eigenvalue weighted by Crippen LogP contribution is 2.33. The Balaban J connectivity index is 1.70. The molecule has 2 aromatic carbocycles. The zero-order valence-corrected chi connectivity index (χ0v) is 18.9. The summed E-state index contributed by atoms with van der Waals surface area (Å²) in [6, 6.07) is 11.6. The molecule has 2 amide bonds. The fourth-order valence-corrected chi connectivity index (χ4v) is 4.42. The van der Waals surface area contributed by atoms with Crippen molar-refractivity contribution in [2.75, 3.05) is 20.6 Å². The molecule has 6 heteroatoms. The molecule has 1 aromatic heterocycles. The first kappa shape index (κ1) is 21.1. The van der Waals surface area contributed by atoms with E-state index >= 15 is 0 Å². The van der Waals surface area contributed by atoms with Crippen molar-refractivity contribution in [3.05, 3.63) is 65.0 Å². The Morgan fingerprint density at radius 2 is 1.81 bits per heavy atom. The molecule has 1 N–H and O–H groups in total. The Morgan fingerprint density at radius 3 is 2.52 bits per heavy atom. The van der Waals surface area contributed by atoms with Crippen LogP contribution in [-0.2, 0) is 12.8 Å². The summed E-state index contributed by atoms with van der Waals surface area (Å²) in [5, 5.41) is 0. The lowest BCUT2D eigenvalue weighted by molar-refractivity contribution is 0.0532. The molecule has 31 heavy (non-hydrogen) atoms. The molecule has 0 bridgehead atoms. The number of amides is 2. The lowest BCUT2D eigenvalue weighted by Crippen LogP contribution is -2.48. The van der Waals surface area contributed by atoms with Gasteiger partial charge in [0, 0.05) is 37.8 Å². The molecule has 0 saturated heterocycles. The van der Waals surface area contributed by atoms with Crippen molar-refractivity contribution < 1.29 is 9.59 Å². The largest absolute Gasteiger partial charge is 0.345 e. The smallest absolute Gasteiger partial charge is 0.254 e. The molecule has 6 nitrogen and oxygen atoms in total. The molecule has 1 atom stereocenters. The van der Waals surface area contributed by atoms with Gasteiger partial charge in [-0.3, -0.25) is 9.59 Å². The molecule has 1 unspecified atom stereocenters. The quantitative estimate of drug-likeness (QED) is 0.686. The van der Waals surface area contributed by atoms with Crippen molar-refractivity contribution >= 4 is 22.8 Å². The maximum atomic E-state index is 13.6. The van der Waals surface area contributed by atoms with Crippen LogP contribution in [0.4, 0.5) is 0 Å². The van der Waals surface area contributed by atoms with Crippen LogP contribution in [0.2, 0.25) is 0 Å². The average Bonchev–Trinajstić information content (AvgIpc) is 3.10. The number of carbonyl (C=O) groups is 2. The van der Waals surface area contributed by atoms with Crippen LogP contribution >= 0.6 is 0 Å². The normalized spacial score (nSPS) is 16.7. The summed E-state index contributed by atoms with van der Waals surface area (Å²) in [6.07, 6.45) is 3.15. The minimum Gasteiger partial charge on any atom is -0.345 e. The van der Waals surface area contributed by atoms with Gasteiger partial charge >= 0.3 is 0 Å². The maximum absolute atomic E-state index is 13.6. The zero-order valence-electron chi connectivity index (χ0n) is 18.9.